The number of para-hydroxylation sites is 1. The van der Waals surface area contributed by atoms with Crippen molar-refractivity contribution in [3.63, 3.8) is 0 Å². The van der Waals surface area contributed by atoms with Crippen molar-refractivity contribution < 1.29 is 17.9 Å². The van der Waals surface area contributed by atoms with Gasteiger partial charge in [-0.25, -0.2) is 8.42 Å². The Bertz CT molecular complexity index is 976. The van der Waals surface area contributed by atoms with E-state index < -0.39 is 15.1 Å². The highest BCUT2D eigenvalue weighted by Gasteiger charge is 2.38. The summed E-state index contributed by atoms with van der Waals surface area (Å²) in [5.41, 5.74) is 1.10. The Hall–Kier alpha value is -2.34. The van der Waals surface area contributed by atoms with Crippen LogP contribution in [0.25, 0.3) is 0 Å². The quantitative estimate of drug-likeness (QED) is 0.738. The van der Waals surface area contributed by atoms with Crippen LogP contribution in [0.2, 0.25) is 0 Å². The van der Waals surface area contributed by atoms with E-state index in [1.54, 1.807) is 39.2 Å². The molecule has 0 aromatic heterocycles. The predicted molar refractivity (Wildman–Crippen MR) is 114 cm³/mol. The molecule has 0 aliphatic heterocycles. The predicted octanol–water partition coefficient (Wildman–Crippen LogP) is 4.12. The van der Waals surface area contributed by atoms with Crippen LogP contribution in [0.5, 0.6) is 5.75 Å². The zero-order valence-corrected chi connectivity index (χ0v) is 18.1. The molecule has 0 radical (unpaired) electrons. The van der Waals surface area contributed by atoms with Crippen LogP contribution in [-0.2, 0) is 15.3 Å². The molecule has 0 heterocycles. The van der Waals surface area contributed by atoms with Gasteiger partial charge in [-0.2, -0.15) is 0 Å². The summed E-state index contributed by atoms with van der Waals surface area (Å²) in [5.74, 6) is 0.470. The van der Waals surface area contributed by atoms with E-state index in [2.05, 4.69) is 11.4 Å². The van der Waals surface area contributed by atoms with E-state index in [0.29, 0.717) is 6.54 Å². The molecular formula is C23H29NO4S. The van der Waals surface area contributed by atoms with Crippen molar-refractivity contribution in [1.29, 1.82) is 0 Å². The summed E-state index contributed by atoms with van der Waals surface area (Å²) in [6.45, 7) is 3.70. The topological polar surface area (TPSA) is 72.5 Å². The average molecular weight is 416 g/mol. The Kier molecular flexibility index (Phi) is 6.32. The van der Waals surface area contributed by atoms with E-state index in [1.165, 1.54) is 6.07 Å². The molecule has 1 aliphatic rings. The number of carbonyl (C=O) groups is 1. The van der Waals surface area contributed by atoms with Gasteiger partial charge in [-0.3, -0.25) is 4.79 Å². The van der Waals surface area contributed by atoms with Gasteiger partial charge in [0.15, 0.2) is 9.84 Å². The van der Waals surface area contributed by atoms with Gasteiger partial charge < -0.3 is 10.1 Å². The molecule has 0 unspecified atom stereocenters. The Balaban J connectivity index is 1.89. The summed E-state index contributed by atoms with van der Waals surface area (Å²) in [6, 6.07) is 14.4. The number of rotatable bonds is 7. The van der Waals surface area contributed by atoms with Gasteiger partial charge in [-0.15, -0.1) is 0 Å². The highest BCUT2D eigenvalue weighted by atomic mass is 32.2. The van der Waals surface area contributed by atoms with Gasteiger partial charge >= 0.3 is 0 Å². The van der Waals surface area contributed by atoms with E-state index in [4.69, 9.17) is 4.74 Å². The fourth-order valence-corrected chi connectivity index (χ4v) is 5.42. The monoisotopic (exact) mass is 415 g/mol. The summed E-state index contributed by atoms with van der Waals surface area (Å²) in [4.78, 5) is 13.1. The van der Waals surface area contributed by atoms with Crippen LogP contribution in [0.1, 0.15) is 55.5 Å². The van der Waals surface area contributed by atoms with E-state index in [0.717, 1.165) is 37.0 Å². The number of nitrogens with one attached hydrogen (secondary N) is 1. The maximum Gasteiger partial charge on any atom is 0.252 e. The maximum atomic E-state index is 13.0. The largest absolute Gasteiger partial charge is 0.496 e. The van der Waals surface area contributed by atoms with Crippen molar-refractivity contribution in [2.45, 2.75) is 55.1 Å². The second-order valence-electron chi connectivity index (χ2n) is 7.96. The first-order valence-electron chi connectivity index (χ1n) is 10.1. The van der Waals surface area contributed by atoms with Crippen molar-refractivity contribution in [3.8, 4) is 5.75 Å². The summed E-state index contributed by atoms with van der Waals surface area (Å²) in [6.07, 6.45) is 4.09. The minimum atomic E-state index is -3.55. The van der Waals surface area contributed by atoms with Crippen LogP contribution in [0.4, 0.5) is 0 Å². The maximum absolute atomic E-state index is 13.0. The first kappa shape index (κ1) is 21.4. The molecule has 0 atom stereocenters. The van der Waals surface area contributed by atoms with Crippen LogP contribution in [-0.4, -0.2) is 33.2 Å². The zero-order chi connectivity index (χ0) is 21.1. The van der Waals surface area contributed by atoms with Crippen molar-refractivity contribution >= 4 is 15.7 Å². The standard InChI is InChI=1S/C23H29NO4S/c1-17(2)29(26,27)21-13-7-4-10-18(21)22(25)24-16-23(14-8-9-15-23)19-11-5-6-12-20(19)28-3/h4-7,10-13,17H,8-9,14-16H2,1-3H3,(H,24,25). The van der Waals surface area contributed by atoms with Crippen LogP contribution >= 0.6 is 0 Å². The van der Waals surface area contributed by atoms with Gasteiger partial charge in [-0.05, 0) is 44.9 Å². The van der Waals surface area contributed by atoms with Gasteiger partial charge in [-0.1, -0.05) is 43.2 Å². The Morgan fingerprint density at radius 3 is 2.34 bits per heavy atom. The van der Waals surface area contributed by atoms with Gasteiger partial charge in [0.05, 0.1) is 22.8 Å². The summed E-state index contributed by atoms with van der Waals surface area (Å²) in [7, 11) is -1.89. The van der Waals surface area contributed by atoms with E-state index in [-0.39, 0.29) is 21.8 Å². The fraction of sp³-hybridized carbons (Fsp3) is 0.435. The Morgan fingerprint density at radius 2 is 1.69 bits per heavy atom. The molecule has 0 saturated heterocycles. The third kappa shape index (κ3) is 4.17. The Labute approximate surface area is 173 Å². The lowest BCUT2D eigenvalue weighted by Gasteiger charge is -2.31. The molecule has 0 spiro atoms. The molecule has 2 aromatic carbocycles. The number of carbonyl (C=O) groups excluding carboxylic acids is 1. The van der Waals surface area contributed by atoms with Crippen molar-refractivity contribution in [1.82, 2.24) is 5.32 Å². The summed E-state index contributed by atoms with van der Waals surface area (Å²) < 4.78 is 31.0. The average Bonchev–Trinajstić information content (AvgIpc) is 3.22. The second-order valence-corrected chi connectivity index (χ2v) is 10.4. The van der Waals surface area contributed by atoms with Crippen LogP contribution in [0.15, 0.2) is 53.4 Å². The second kappa shape index (κ2) is 8.57. The number of hydrogen-bond donors (Lipinski definition) is 1. The lowest BCUT2D eigenvalue weighted by atomic mass is 9.78. The van der Waals surface area contributed by atoms with Crippen LogP contribution in [0.3, 0.4) is 0 Å². The summed E-state index contributed by atoms with van der Waals surface area (Å²) in [5, 5.41) is 2.43. The first-order valence-corrected chi connectivity index (χ1v) is 11.6. The molecule has 3 rings (SSSR count). The number of amides is 1. The number of ether oxygens (including phenoxy) is 1. The minimum Gasteiger partial charge on any atom is -0.496 e. The van der Waals surface area contributed by atoms with Gasteiger partial charge in [0, 0.05) is 17.5 Å². The molecule has 1 fully saturated rings. The van der Waals surface area contributed by atoms with Crippen molar-refractivity contribution in [2.24, 2.45) is 0 Å². The van der Waals surface area contributed by atoms with Gasteiger partial charge in [0.2, 0.25) is 0 Å². The molecule has 29 heavy (non-hydrogen) atoms. The van der Waals surface area contributed by atoms with Crippen molar-refractivity contribution in [3.05, 3.63) is 59.7 Å². The van der Waals surface area contributed by atoms with E-state index >= 15 is 0 Å². The zero-order valence-electron chi connectivity index (χ0n) is 17.3. The fourth-order valence-electron chi connectivity index (χ4n) is 4.18. The molecule has 156 valence electrons. The van der Waals surface area contributed by atoms with E-state index in [9.17, 15) is 13.2 Å². The molecule has 2 aromatic rings. The summed E-state index contributed by atoms with van der Waals surface area (Å²) >= 11 is 0. The highest BCUT2D eigenvalue weighted by Crippen LogP contribution is 2.44. The minimum absolute atomic E-state index is 0.0882. The molecule has 5 nitrogen and oxygen atoms in total. The molecule has 6 heteroatoms. The number of methoxy groups -OCH3 is 1. The van der Waals surface area contributed by atoms with Gasteiger partial charge in [0.1, 0.15) is 5.75 Å². The molecule has 1 saturated carbocycles. The lowest BCUT2D eigenvalue weighted by Crippen LogP contribution is -2.39. The molecule has 1 aliphatic carbocycles. The molecule has 1 N–H and O–H groups in total. The third-order valence-corrected chi connectivity index (χ3v) is 8.10. The first-order chi connectivity index (χ1) is 13.8. The normalized spacial score (nSPS) is 16.0. The lowest BCUT2D eigenvalue weighted by molar-refractivity contribution is 0.0939. The SMILES string of the molecule is COc1ccccc1C1(CNC(=O)c2ccccc2S(=O)(=O)C(C)C)CCCC1. The van der Waals surface area contributed by atoms with Crippen LogP contribution in [0, 0.1) is 0 Å². The van der Waals surface area contributed by atoms with E-state index in [1.807, 2.05) is 18.2 Å². The molecule has 0 bridgehead atoms. The smallest absolute Gasteiger partial charge is 0.252 e. The molecule has 1 amide bonds. The van der Waals surface area contributed by atoms with Crippen molar-refractivity contribution in [2.75, 3.05) is 13.7 Å². The third-order valence-electron chi connectivity index (χ3n) is 5.89. The van der Waals surface area contributed by atoms with Crippen LogP contribution < -0.4 is 10.1 Å². The highest BCUT2D eigenvalue weighted by molar-refractivity contribution is 7.92. The van der Waals surface area contributed by atoms with Gasteiger partial charge in [0.25, 0.3) is 5.91 Å². The number of benzene rings is 2. The number of sulfone groups is 1. The number of hydrogen-bond acceptors (Lipinski definition) is 4. The Morgan fingerprint density at radius 1 is 1.07 bits per heavy atom. The molecular weight excluding hydrogens is 386 g/mol.